The second kappa shape index (κ2) is 11.8. The molecule has 0 amide bonds. The Morgan fingerprint density at radius 2 is 1.87 bits per heavy atom. The van der Waals surface area contributed by atoms with Crippen molar-refractivity contribution in [2.24, 2.45) is 5.41 Å². The molecule has 0 radical (unpaired) electrons. The molecule has 3 aromatic heterocycles. The fourth-order valence-corrected chi connectivity index (χ4v) is 5.55. The Labute approximate surface area is 259 Å². The lowest BCUT2D eigenvalue weighted by molar-refractivity contribution is 0.0696. The Balaban J connectivity index is 1.33. The normalized spacial score (nSPS) is 15.9. The van der Waals surface area contributed by atoms with E-state index in [1.165, 1.54) is 30.5 Å². The maximum Gasteiger partial charge on any atom is 0.335 e. The van der Waals surface area contributed by atoms with Gasteiger partial charge in [-0.2, -0.15) is 0 Å². The number of carboxylic acid groups (broad SMARTS) is 1. The zero-order valence-corrected chi connectivity index (χ0v) is 24.7. The lowest BCUT2D eigenvalue weighted by Gasteiger charge is -2.28. The van der Waals surface area contributed by atoms with Gasteiger partial charge in [0.1, 0.15) is 41.1 Å². The molecule has 6 rings (SSSR count). The summed E-state index contributed by atoms with van der Waals surface area (Å²) in [4.78, 5) is 24.2. The van der Waals surface area contributed by atoms with E-state index in [0.29, 0.717) is 6.61 Å². The van der Waals surface area contributed by atoms with Crippen molar-refractivity contribution < 1.29 is 36.9 Å². The van der Waals surface area contributed by atoms with Crippen LogP contribution in [0.15, 0.2) is 54.7 Å². The molecule has 0 bridgehead atoms. The molecule has 1 saturated heterocycles. The minimum atomic E-state index is -1.31. The molecular weight excluding hydrogens is 616 g/mol. The molecule has 0 saturated carbocycles. The van der Waals surface area contributed by atoms with Crippen LogP contribution in [0.25, 0.3) is 22.3 Å². The zero-order chi connectivity index (χ0) is 32.0. The monoisotopic (exact) mass is 640 g/mol. The number of rotatable bonds is 8. The number of imidazole rings is 1. The van der Waals surface area contributed by atoms with E-state index in [2.05, 4.69) is 15.0 Å². The second-order valence-electron chi connectivity index (χ2n) is 11.4. The highest BCUT2D eigenvalue weighted by atomic mass is 35.5. The van der Waals surface area contributed by atoms with Gasteiger partial charge in [0.05, 0.1) is 41.1 Å². The molecule has 13 heteroatoms. The van der Waals surface area contributed by atoms with Gasteiger partial charge in [-0.25, -0.2) is 32.3 Å². The van der Waals surface area contributed by atoms with Crippen LogP contribution in [-0.2, 0) is 17.8 Å². The average molecular weight is 641 g/mol. The van der Waals surface area contributed by atoms with Crippen LogP contribution in [0.2, 0.25) is 5.02 Å². The summed E-state index contributed by atoms with van der Waals surface area (Å²) >= 11 is 5.73. The first kappa shape index (κ1) is 30.5. The van der Waals surface area contributed by atoms with Crippen LogP contribution in [0.4, 0.5) is 17.6 Å². The molecule has 1 aliphatic rings. The number of hydrogen-bond donors (Lipinski definition) is 1. The minimum Gasteiger partial charge on any atom is -0.478 e. The maximum atomic E-state index is 15.6. The van der Waals surface area contributed by atoms with Gasteiger partial charge in [0.25, 0.3) is 0 Å². The number of halogens is 5. The highest BCUT2D eigenvalue weighted by Crippen LogP contribution is 2.41. The predicted octanol–water partition coefficient (Wildman–Crippen LogP) is 7.17. The molecule has 232 valence electrons. The molecule has 5 aromatic rings. The maximum absolute atomic E-state index is 15.6. The average Bonchev–Trinajstić information content (AvgIpc) is 3.52. The van der Waals surface area contributed by atoms with Crippen LogP contribution in [-0.4, -0.2) is 43.8 Å². The van der Waals surface area contributed by atoms with Gasteiger partial charge in [-0.05, 0) is 42.0 Å². The summed E-state index contributed by atoms with van der Waals surface area (Å²) in [5.74, 6) is -4.11. The third-order valence-corrected chi connectivity index (χ3v) is 7.96. The van der Waals surface area contributed by atoms with Crippen molar-refractivity contribution in [2.75, 3.05) is 13.2 Å². The Bertz CT molecular complexity index is 1970. The predicted molar refractivity (Wildman–Crippen MR) is 156 cm³/mol. The molecule has 1 fully saturated rings. The van der Waals surface area contributed by atoms with Crippen molar-refractivity contribution in [1.82, 2.24) is 19.5 Å². The third-order valence-electron chi connectivity index (χ3n) is 7.76. The number of hydrogen-bond acceptors (Lipinski definition) is 6. The van der Waals surface area contributed by atoms with Gasteiger partial charge in [-0.1, -0.05) is 31.5 Å². The fourth-order valence-electron chi connectivity index (χ4n) is 5.40. The summed E-state index contributed by atoms with van der Waals surface area (Å²) < 4.78 is 73.2. The van der Waals surface area contributed by atoms with Gasteiger partial charge in [0.2, 0.25) is 5.88 Å². The van der Waals surface area contributed by atoms with Crippen molar-refractivity contribution in [1.29, 1.82) is 0 Å². The van der Waals surface area contributed by atoms with Crippen LogP contribution >= 0.6 is 11.6 Å². The van der Waals surface area contributed by atoms with Crippen LogP contribution in [0.3, 0.4) is 0 Å². The highest BCUT2D eigenvalue weighted by Gasteiger charge is 2.39. The van der Waals surface area contributed by atoms with Crippen LogP contribution in [0.5, 0.6) is 5.88 Å². The number of carbonyl (C=O) groups is 1. The lowest BCUT2D eigenvalue weighted by atomic mass is 9.87. The standard InChI is InChI=1S/C32H25ClF4N4O4/c1-32(2)15-44-14-27(32)41-26-8-17(31(42)43)7-23(37)30(26)40-28(41)9-16-6-21(35)19(11-20(16)34)24-4-3-5-29(39-24)45-13-25-22(36)10-18(33)12-38-25/h3-8,10-12,27H,9,13-15H2,1-2H3,(H,42,43)/t27-/m0/s1. The SMILES string of the molecule is CC1(C)COC[C@@H]1n1c(Cc2cc(F)c(-c3cccc(OCc4ncc(Cl)cc4F)n3)cc2F)nc2c(F)cc(C(=O)O)cc21. The molecule has 1 aliphatic heterocycles. The van der Waals surface area contributed by atoms with Crippen molar-refractivity contribution in [3.05, 3.63) is 106 Å². The van der Waals surface area contributed by atoms with E-state index in [4.69, 9.17) is 21.1 Å². The Hall–Kier alpha value is -4.55. The number of benzene rings is 2. The molecule has 8 nitrogen and oxygen atoms in total. The van der Waals surface area contributed by atoms with Gasteiger partial charge >= 0.3 is 5.97 Å². The molecule has 2 aromatic carbocycles. The molecule has 0 aliphatic carbocycles. The summed E-state index contributed by atoms with van der Waals surface area (Å²) in [6, 6.07) is 9.41. The first-order valence-corrected chi connectivity index (χ1v) is 14.2. The lowest BCUT2D eigenvalue weighted by Crippen LogP contribution is -2.27. The number of fused-ring (bicyclic) bond motifs is 1. The summed E-state index contributed by atoms with van der Waals surface area (Å²) in [6.07, 6.45) is 1.05. The quantitative estimate of drug-likeness (QED) is 0.180. The molecule has 1 N–H and O–H groups in total. The minimum absolute atomic E-state index is 0.00850. The Kier molecular flexibility index (Phi) is 7.96. The van der Waals surface area contributed by atoms with E-state index in [1.807, 2.05) is 13.8 Å². The van der Waals surface area contributed by atoms with Crippen molar-refractivity contribution in [2.45, 2.75) is 32.9 Å². The van der Waals surface area contributed by atoms with Gasteiger partial charge in [0, 0.05) is 29.7 Å². The number of pyridine rings is 2. The Morgan fingerprint density at radius 3 is 2.58 bits per heavy atom. The summed E-state index contributed by atoms with van der Waals surface area (Å²) in [7, 11) is 0. The van der Waals surface area contributed by atoms with E-state index in [0.717, 1.165) is 24.3 Å². The summed E-state index contributed by atoms with van der Waals surface area (Å²) in [5.41, 5.74) is -0.707. The Morgan fingerprint density at radius 1 is 1.07 bits per heavy atom. The van der Waals surface area contributed by atoms with Gasteiger partial charge in [-0.3, -0.25) is 4.98 Å². The summed E-state index contributed by atoms with van der Waals surface area (Å²) in [5, 5.41) is 9.66. The van der Waals surface area contributed by atoms with E-state index in [-0.39, 0.29) is 81.5 Å². The van der Waals surface area contributed by atoms with Crippen LogP contribution < -0.4 is 4.74 Å². The molecule has 0 spiro atoms. The van der Waals surface area contributed by atoms with E-state index in [9.17, 15) is 14.3 Å². The number of aromatic nitrogens is 4. The van der Waals surface area contributed by atoms with E-state index < -0.39 is 34.7 Å². The second-order valence-corrected chi connectivity index (χ2v) is 11.8. The topological polar surface area (TPSA) is 99.4 Å². The van der Waals surface area contributed by atoms with Crippen LogP contribution in [0, 0.1) is 28.7 Å². The molecule has 0 unspecified atom stereocenters. The summed E-state index contributed by atoms with van der Waals surface area (Å²) in [6.45, 7) is 4.25. The fraction of sp³-hybridized carbons (Fsp3) is 0.250. The van der Waals surface area contributed by atoms with E-state index in [1.54, 1.807) is 4.57 Å². The van der Waals surface area contributed by atoms with Crippen molar-refractivity contribution >= 4 is 28.6 Å². The van der Waals surface area contributed by atoms with Crippen molar-refractivity contribution in [3.8, 4) is 17.1 Å². The van der Waals surface area contributed by atoms with Gasteiger partial charge in [-0.15, -0.1) is 0 Å². The van der Waals surface area contributed by atoms with Crippen molar-refractivity contribution in [3.63, 3.8) is 0 Å². The molecule has 1 atom stereocenters. The molecule has 45 heavy (non-hydrogen) atoms. The van der Waals surface area contributed by atoms with Crippen LogP contribution in [0.1, 0.15) is 47.3 Å². The number of ether oxygens (including phenoxy) is 2. The third kappa shape index (κ3) is 5.95. The first-order valence-electron chi connectivity index (χ1n) is 13.8. The smallest absolute Gasteiger partial charge is 0.335 e. The van der Waals surface area contributed by atoms with Gasteiger partial charge in [0.15, 0.2) is 5.82 Å². The first-order chi connectivity index (χ1) is 21.4. The van der Waals surface area contributed by atoms with E-state index >= 15 is 13.2 Å². The number of nitrogens with zero attached hydrogens (tertiary/aromatic N) is 4. The molecular formula is C32H25ClF4N4O4. The van der Waals surface area contributed by atoms with Gasteiger partial charge < -0.3 is 19.1 Å². The highest BCUT2D eigenvalue weighted by molar-refractivity contribution is 6.30. The number of carboxylic acids is 1. The zero-order valence-electron chi connectivity index (χ0n) is 24.0. The number of aromatic carboxylic acids is 1. The molecule has 4 heterocycles. The largest absolute Gasteiger partial charge is 0.478 e.